The number of nitrogens with one attached hydrogen (secondary N) is 1. The van der Waals surface area contributed by atoms with Gasteiger partial charge in [-0.2, -0.15) is 0 Å². The van der Waals surface area contributed by atoms with Gasteiger partial charge in [0.05, 0.1) is 17.4 Å². The molecule has 3 aromatic heterocycles. The van der Waals surface area contributed by atoms with Crippen LogP contribution in [-0.2, 0) is 13.0 Å². The molecular formula is C19H22N6O3. The minimum Gasteiger partial charge on any atom is -0.471 e. The number of fused-ring (bicyclic) bond motifs is 2. The molecule has 9 heteroatoms. The molecule has 3 aromatic rings. The number of ether oxygens (including phenoxy) is 1. The van der Waals surface area contributed by atoms with Gasteiger partial charge in [0, 0.05) is 43.1 Å². The van der Waals surface area contributed by atoms with Gasteiger partial charge in [0.2, 0.25) is 5.88 Å². The van der Waals surface area contributed by atoms with E-state index in [4.69, 9.17) is 4.74 Å². The molecule has 0 saturated heterocycles. The van der Waals surface area contributed by atoms with Crippen LogP contribution in [0.4, 0.5) is 0 Å². The molecule has 146 valence electrons. The third-order valence-corrected chi connectivity index (χ3v) is 5.76. The molecule has 1 aliphatic heterocycles. The highest BCUT2D eigenvalue weighted by Crippen LogP contribution is 2.36. The highest BCUT2D eigenvalue weighted by Gasteiger charge is 2.45. The first-order valence-electron chi connectivity index (χ1n) is 9.48. The lowest BCUT2D eigenvalue weighted by Gasteiger charge is -2.22. The number of aliphatic hydroxyl groups is 2. The number of hydrogen-bond donors (Lipinski definition) is 3. The standard InChI is InChI=1S/C19H22N6O3/c1-10-11-3-5-25(18(11)23-8-21-10)14-6-15(17(27)16(14)26)28-19-12-7-20-4-2-13(12)22-9-24-19/h3,5,8-9,14-17,20,26-27H,2,4,6-7H2,1H3/t14-,15+,16?,17?/m1/s1. The van der Waals surface area contributed by atoms with Crippen molar-refractivity contribution in [3.63, 3.8) is 0 Å². The second kappa shape index (κ2) is 6.77. The Morgan fingerprint density at radius 1 is 1.14 bits per heavy atom. The van der Waals surface area contributed by atoms with Crippen molar-refractivity contribution in [3.05, 3.63) is 41.9 Å². The molecule has 9 nitrogen and oxygen atoms in total. The third kappa shape index (κ3) is 2.74. The fraction of sp³-hybridized carbons (Fsp3) is 0.474. The van der Waals surface area contributed by atoms with Crippen molar-refractivity contribution >= 4 is 11.0 Å². The Bertz CT molecular complexity index is 1020. The van der Waals surface area contributed by atoms with E-state index < -0.39 is 18.3 Å². The molecule has 1 saturated carbocycles. The summed E-state index contributed by atoms with van der Waals surface area (Å²) in [6.45, 7) is 3.43. The fourth-order valence-electron chi connectivity index (χ4n) is 4.21. The quantitative estimate of drug-likeness (QED) is 0.592. The predicted molar refractivity (Wildman–Crippen MR) is 99.8 cm³/mol. The van der Waals surface area contributed by atoms with Crippen molar-refractivity contribution in [1.29, 1.82) is 0 Å². The molecule has 1 aliphatic carbocycles. The Morgan fingerprint density at radius 2 is 2.00 bits per heavy atom. The summed E-state index contributed by atoms with van der Waals surface area (Å²) < 4.78 is 7.97. The predicted octanol–water partition coefficient (Wildman–Crippen LogP) is 0.290. The normalized spacial score (nSPS) is 27.1. The monoisotopic (exact) mass is 382 g/mol. The van der Waals surface area contributed by atoms with Crippen LogP contribution in [0.1, 0.15) is 29.4 Å². The lowest BCUT2D eigenvalue weighted by molar-refractivity contribution is -0.0178. The maximum atomic E-state index is 10.7. The lowest BCUT2D eigenvalue weighted by Crippen LogP contribution is -2.35. The molecular weight excluding hydrogens is 360 g/mol. The Labute approximate surface area is 161 Å². The van der Waals surface area contributed by atoms with Gasteiger partial charge in [0.15, 0.2) is 0 Å². The molecule has 2 aliphatic rings. The zero-order valence-electron chi connectivity index (χ0n) is 15.5. The largest absolute Gasteiger partial charge is 0.471 e. The Kier molecular flexibility index (Phi) is 4.22. The first-order chi connectivity index (χ1) is 13.6. The van der Waals surface area contributed by atoms with Crippen molar-refractivity contribution < 1.29 is 14.9 Å². The molecule has 4 heterocycles. The Morgan fingerprint density at radius 3 is 2.89 bits per heavy atom. The summed E-state index contributed by atoms with van der Waals surface area (Å²) in [6.07, 6.45) is 3.60. The molecule has 0 spiro atoms. The van der Waals surface area contributed by atoms with E-state index in [2.05, 4.69) is 25.3 Å². The van der Waals surface area contributed by atoms with Gasteiger partial charge in [-0.15, -0.1) is 0 Å². The van der Waals surface area contributed by atoms with Crippen LogP contribution in [-0.4, -0.2) is 59.6 Å². The van der Waals surface area contributed by atoms with Crippen molar-refractivity contribution in [3.8, 4) is 5.88 Å². The number of aryl methyl sites for hydroxylation is 1. The summed E-state index contributed by atoms with van der Waals surface area (Å²) >= 11 is 0. The van der Waals surface area contributed by atoms with E-state index >= 15 is 0 Å². The maximum absolute atomic E-state index is 10.7. The zero-order chi connectivity index (χ0) is 19.3. The first kappa shape index (κ1) is 17.5. The van der Waals surface area contributed by atoms with Crippen molar-refractivity contribution in [1.82, 2.24) is 29.8 Å². The van der Waals surface area contributed by atoms with Crippen LogP contribution >= 0.6 is 0 Å². The molecule has 28 heavy (non-hydrogen) atoms. The van der Waals surface area contributed by atoms with E-state index in [0.29, 0.717) is 18.8 Å². The summed E-state index contributed by atoms with van der Waals surface area (Å²) in [5, 5.41) is 25.6. The van der Waals surface area contributed by atoms with Crippen LogP contribution in [0.2, 0.25) is 0 Å². The fourth-order valence-corrected chi connectivity index (χ4v) is 4.21. The molecule has 1 fully saturated rings. The third-order valence-electron chi connectivity index (χ3n) is 5.76. The molecule has 4 atom stereocenters. The first-order valence-corrected chi connectivity index (χ1v) is 9.48. The molecule has 0 bridgehead atoms. The van der Waals surface area contributed by atoms with E-state index in [-0.39, 0.29) is 6.04 Å². The number of aliphatic hydroxyl groups excluding tert-OH is 2. The highest BCUT2D eigenvalue weighted by molar-refractivity contribution is 5.78. The maximum Gasteiger partial charge on any atom is 0.221 e. The van der Waals surface area contributed by atoms with Gasteiger partial charge in [0.25, 0.3) is 0 Å². The molecule has 2 unspecified atom stereocenters. The van der Waals surface area contributed by atoms with Crippen LogP contribution in [0.25, 0.3) is 11.0 Å². The van der Waals surface area contributed by atoms with Crippen LogP contribution in [0.15, 0.2) is 24.9 Å². The van der Waals surface area contributed by atoms with Crippen molar-refractivity contribution in [2.45, 2.75) is 50.7 Å². The minimum absolute atomic E-state index is 0.345. The van der Waals surface area contributed by atoms with E-state index in [9.17, 15) is 10.2 Å². The van der Waals surface area contributed by atoms with Gasteiger partial charge in [-0.25, -0.2) is 19.9 Å². The number of rotatable bonds is 3. The van der Waals surface area contributed by atoms with Crippen LogP contribution in [0, 0.1) is 6.92 Å². The Hall–Kier alpha value is -2.62. The van der Waals surface area contributed by atoms with Crippen molar-refractivity contribution in [2.75, 3.05) is 6.54 Å². The van der Waals surface area contributed by atoms with Crippen LogP contribution in [0.5, 0.6) is 5.88 Å². The number of hydrogen-bond acceptors (Lipinski definition) is 8. The lowest BCUT2D eigenvalue weighted by atomic mass is 10.1. The van der Waals surface area contributed by atoms with Gasteiger partial charge in [-0.1, -0.05) is 0 Å². The number of aromatic nitrogens is 5. The smallest absolute Gasteiger partial charge is 0.221 e. The van der Waals surface area contributed by atoms with Crippen LogP contribution in [0.3, 0.4) is 0 Å². The van der Waals surface area contributed by atoms with E-state index in [1.807, 2.05) is 23.8 Å². The van der Waals surface area contributed by atoms with Crippen molar-refractivity contribution in [2.24, 2.45) is 0 Å². The second-order valence-electron chi connectivity index (χ2n) is 7.39. The average Bonchev–Trinajstić information content (AvgIpc) is 3.26. The molecule has 0 amide bonds. The SMILES string of the molecule is Cc1ncnc2c1ccn2[C@@H]1C[C@H](Oc2ncnc3c2CNCC3)C(O)C1O. The topological polar surface area (TPSA) is 118 Å². The molecule has 0 radical (unpaired) electrons. The second-order valence-corrected chi connectivity index (χ2v) is 7.39. The summed E-state index contributed by atoms with van der Waals surface area (Å²) in [6, 6.07) is 1.59. The van der Waals surface area contributed by atoms with Gasteiger partial charge < -0.3 is 24.8 Å². The zero-order valence-corrected chi connectivity index (χ0v) is 15.5. The molecule has 0 aromatic carbocycles. The van der Waals surface area contributed by atoms with Gasteiger partial charge in [-0.05, 0) is 13.0 Å². The van der Waals surface area contributed by atoms with E-state index in [0.717, 1.165) is 41.0 Å². The molecule has 5 rings (SSSR count). The molecule has 3 N–H and O–H groups in total. The van der Waals surface area contributed by atoms with Crippen LogP contribution < -0.4 is 10.1 Å². The summed E-state index contributed by atoms with van der Waals surface area (Å²) in [4.78, 5) is 17.2. The van der Waals surface area contributed by atoms with E-state index in [1.54, 1.807) is 0 Å². The summed E-state index contributed by atoms with van der Waals surface area (Å²) in [5.41, 5.74) is 3.52. The van der Waals surface area contributed by atoms with E-state index in [1.165, 1.54) is 12.7 Å². The average molecular weight is 382 g/mol. The highest BCUT2D eigenvalue weighted by atomic mass is 16.5. The summed E-state index contributed by atoms with van der Waals surface area (Å²) in [7, 11) is 0. The van der Waals surface area contributed by atoms with Gasteiger partial charge >= 0.3 is 0 Å². The van der Waals surface area contributed by atoms with Gasteiger partial charge in [0.1, 0.15) is 36.6 Å². The van der Waals surface area contributed by atoms with Gasteiger partial charge in [-0.3, -0.25) is 0 Å². The minimum atomic E-state index is -1.02. The number of nitrogens with zero attached hydrogens (tertiary/aromatic N) is 5. The summed E-state index contributed by atoms with van der Waals surface area (Å²) in [5.74, 6) is 0.477. The Balaban J connectivity index is 1.43.